The Kier molecular flexibility index (Phi) is 6.36. The molecule has 0 saturated heterocycles. The van der Waals surface area contributed by atoms with Crippen LogP contribution in [-0.2, 0) is 45.4 Å². The Hall–Kier alpha value is -2.39. The number of aliphatic hydroxyl groups is 1. The molecule has 9 nitrogen and oxygen atoms in total. The standard InChI is InChI=1S/C27H38O9/c1-14(28)34-20-9-11-24(4,5)27(31)23(36-16(3)30)22(35-15(2)29)21-18(25(20,27)6)13-19-17(10-12-33-19)26(21,7)32-8/h10,12,18,20-23,31H,9,11,13H2,1-8H3. The summed E-state index contributed by atoms with van der Waals surface area (Å²) in [6.07, 6.45) is 0.0325. The number of carbonyl (C=O) groups is 3. The maximum absolute atomic E-state index is 12.9. The van der Waals surface area contributed by atoms with Gasteiger partial charge in [-0.05, 0) is 37.2 Å². The van der Waals surface area contributed by atoms with E-state index in [-0.39, 0.29) is 0 Å². The van der Waals surface area contributed by atoms with E-state index in [1.165, 1.54) is 20.8 Å². The van der Waals surface area contributed by atoms with E-state index in [0.29, 0.717) is 25.0 Å². The molecular formula is C27H38O9. The van der Waals surface area contributed by atoms with Crippen molar-refractivity contribution in [2.45, 2.75) is 97.2 Å². The fraction of sp³-hybridized carbons (Fsp3) is 0.741. The molecular weight excluding hydrogens is 468 g/mol. The zero-order chi connectivity index (χ0) is 26.8. The van der Waals surface area contributed by atoms with Gasteiger partial charge in [-0.3, -0.25) is 14.4 Å². The third-order valence-corrected chi connectivity index (χ3v) is 9.47. The number of esters is 3. The summed E-state index contributed by atoms with van der Waals surface area (Å²) < 4.78 is 29.7. The van der Waals surface area contributed by atoms with Crippen molar-refractivity contribution in [2.75, 3.05) is 7.11 Å². The Morgan fingerprint density at radius 3 is 2.17 bits per heavy atom. The van der Waals surface area contributed by atoms with Gasteiger partial charge in [0.15, 0.2) is 6.10 Å². The van der Waals surface area contributed by atoms with Crippen molar-refractivity contribution in [2.24, 2.45) is 22.7 Å². The molecule has 200 valence electrons. The molecule has 9 heteroatoms. The molecule has 1 heterocycles. The van der Waals surface area contributed by atoms with Gasteiger partial charge in [-0.25, -0.2) is 0 Å². The molecule has 2 fully saturated rings. The van der Waals surface area contributed by atoms with Crippen LogP contribution in [0.3, 0.4) is 0 Å². The molecule has 2 saturated carbocycles. The molecule has 0 aromatic carbocycles. The lowest BCUT2D eigenvalue weighted by atomic mass is 9.38. The van der Waals surface area contributed by atoms with Gasteiger partial charge in [-0.1, -0.05) is 20.8 Å². The van der Waals surface area contributed by atoms with Crippen LogP contribution in [0.1, 0.15) is 72.6 Å². The molecule has 3 aliphatic rings. The van der Waals surface area contributed by atoms with Crippen molar-refractivity contribution < 1.29 is 42.9 Å². The van der Waals surface area contributed by atoms with Crippen molar-refractivity contribution in [3.8, 4) is 0 Å². The molecule has 0 radical (unpaired) electrons. The third-order valence-electron chi connectivity index (χ3n) is 9.47. The topological polar surface area (TPSA) is 122 Å². The van der Waals surface area contributed by atoms with E-state index >= 15 is 0 Å². The first-order valence-electron chi connectivity index (χ1n) is 12.5. The number of hydrogen-bond acceptors (Lipinski definition) is 9. The molecule has 1 N–H and O–H groups in total. The normalized spacial score (nSPS) is 40.8. The molecule has 0 spiro atoms. The highest BCUT2D eigenvalue weighted by Crippen LogP contribution is 2.69. The number of hydrogen-bond donors (Lipinski definition) is 1. The summed E-state index contributed by atoms with van der Waals surface area (Å²) in [7, 11) is 1.57. The van der Waals surface area contributed by atoms with Crippen molar-refractivity contribution in [1.29, 1.82) is 0 Å². The Morgan fingerprint density at radius 1 is 1.00 bits per heavy atom. The first-order valence-corrected chi connectivity index (χ1v) is 12.5. The lowest BCUT2D eigenvalue weighted by Gasteiger charge is -2.70. The summed E-state index contributed by atoms with van der Waals surface area (Å²) >= 11 is 0. The van der Waals surface area contributed by atoms with Crippen LogP contribution in [0, 0.1) is 22.7 Å². The van der Waals surface area contributed by atoms with Gasteiger partial charge in [-0.15, -0.1) is 0 Å². The SMILES string of the molecule is COC1(C)c2ccoc2CC2C1C(OC(C)=O)C(OC(C)=O)C1(O)C(C)(C)CCC(OC(C)=O)C21C. The first-order chi connectivity index (χ1) is 16.6. The third kappa shape index (κ3) is 3.45. The van der Waals surface area contributed by atoms with Gasteiger partial charge >= 0.3 is 17.9 Å². The van der Waals surface area contributed by atoms with Crippen molar-refractivity contribution in [3.05, 3.63) is 23.7 Å². The van der Waals surface area contributed by atoms with E-state index in [0.717, 1.165) is 5.56 Å². The van der Waals surface area contributed by atoms with Crippen LogP contribution in [0.25, 0.3) is 0 Å². The molecule has 1 aromatic rings. The number of carbonyl (C=O) groups excluding carboxylic acids is 3. The first kappa shape index (κ1) is 26.7. The van der Waals surface area contributed by atoms with E-state index in [1.807, 2.05) is 33.8 Å². The van der Waals surface area contributed by atoms with E-state index in [1.54, 1.807) is 13.4 Å². The average molecular weight is 507 g/mol. The molecule has 4 rings (SSSR count). The predicted molar refractivity (Wildman–Crippen MR) is 126 cm³/mol. The largest absolute Gasteiger partial charge is 0.469 e. The molecule has 0 aliphatic heterocycles. The Labute approximate surface area is 211 Å². The van der Waals surface area contributed by atoms with Crippen LogP contribution >= 0.6 is 0 Å². The smallest absolute Gasteiger partial charge is 0.303 e. The molecule has 1 aromatic heterocycles. The van der Waals surface area contributed by atoms with Crippen molar-refractivity contribution in [3.63, 3.8) is 0 Å². The van der Waals surface area contributed by atoms with Gasteiger partial charge in [0.2, 0.25) is 0 Å². The number of rotatable bonds is 4. The number of methoxy groups -OCH3 is 1. The van der Waals surface area contributed by atoms with Gasteiger partial charge < -0.3 is 28.5 Å². The van der Waals surface area contributed by atoms with E-state index in [4.69, 9.17) is 23.4 Å². The second-order valence-electron chi connectivity index (χ2n) is 11.6. The molecule has 36 heavy (non-hydrogen) atoms. The fourth-order valence-corrected chi connectivity index (χ4v) is 7.84. The van der Waals surface area contributed by atoms with Gasteiger partial charge in [0.05, 0.1) is 6.26 Å². The Morgan fingerprint density at radius 2 is 1.61 bits per heavy atom. The summed E-state index contributed by atoms with van der Waals surface area (Å²) in [5, 5.41) is 12.9. The van der Waals surface area contributed by atoms with E-state index in [9.17, 15) is 19.5 Å². The minimum Gasteiger partial charge on any atom is -0.469 e. The average Bonchev–Trinajstić information content (AvgIpc) is 3.25. The van der Waals surface area contributed by atoms with Crippen LogP contribution < -0.4 is 0 Å². The second-order valence-corrected chi connectivity index (χ2v) is 11.6. The summed E-state index contributed by atoms with van der Waals surface area (Å²) in [5.41, 5.74) is -3.86. The van der Waals surface area contributed by atoms with Crippen LogP contribution in [-0.4, -0.2) is 54.0 Å². The van der Waals surface area contributed by atoms with Gasteiger partial charge in [-0.2, -0.15) is 0 Å². The van der Waals surface area contributed by atoms with Gasteiger partial charge in [0, 0.05) is 51.2 Å². The Bertz CT molecular complexity index is 1060. The van der Waals surface area contributed by atoms with Crippen LogP contribution in [0.5, 0.6) is 0 Å². The summed E-state index contributed by atoms with van der Waals surface area (Å²) in [4.78, 5) is 37.2. The van der Waals surface area contributed by atoms with Gasteiger partial charge in [0.25, 0.3) is 0 Å². The number of ether oxygens (including phenoxy) is 4. The molecule has 0 bridgehead atoms. The minimum atomic E-state index is -1.73. The number of fused-ring (bicyclic) bond motifs is 4. The van der Waals surface area contributed by atoms with E-state index in [2.05, 4.69) is 0 Å². The minimum absolute atomic E-state index is 0.392. The molecule has 0 amide bonds. The highest BCUT2D eigenvalue weighted by atomic mass is 16.6. The molecule has 3 aliphatic carbocycles. The lowest BCUT2D eigenvalue weighted by molar-refractivity contribution is -0.352. The summed E-state index contributed by atoms with van der Waals surface area (Å²) in [6.45, 7) is 11.5. The monoisotopic (exact) mass is 506 g/mol. The second kappa shape index (κ2) is 8.58. The van der Waals surface area contributed by atoms with Crippen molar-refractivity contribution in [1.82, 2.24) is 0 Å². The summed E-state index contributed by atoms with van der Waals surface area (Å²) in [6, 6.07) is 1.83. The summed E-state index contributed by atoms with van der Waals surface area (Å²) in [5.74, 6) is -1.93. The highest BCUT2D eigenvalue weighted by Gasteiger charge is 2.78. The van der Waals surface area contributed by atoms with E-state index < -0.39 is 70.1 Å². The molecule has 8 atom stereocenters. The quantitative estimate of drug-likeness (QED) is 0.484. The zero-order valence-corrected chi connectivity index (χ0v) is 22.4. The van der Waals surface area contributed by atoms with Crippen LogP contribution in [0.15, 0.2) is 16.7 Å². The molecule has 8 unspecified atom stereocenters. The maximum Gasteiger partial charge on any atom is 0.303 e. The fourth-order valence-electron chi connectivity index (χ4n) is 7.84. The van der Waals surface area contributed by atoms with Gasteiger partial charge in [0.1, 0.15) is 29.2 Å². The lowest BCUT2D eigenvalue weighted by Crippen LogP contribution is -2.81. The number of furan rings is 1. The van der Waals surface area contributed by atoms with Crippen LogP contribution in [0.2, 0.25) is 0 Å². The Balaban J connectivity index is 2.07. The predicted octanol–water partition coefficient (Wildman–Crippen LogP) is 3.30. The van der Waals surface area contributed by atoms with Crippen LogP contribution in [0.4, 0.5) is 0 Å². The maximum atomic E-state index is 12.9. The van der Waals surface area contributed by atoms with Crippen molar-refractivity contribution >= 4 is 17.9 Å². The highest BCUT2D eigenvalue weighted by molar-refractivity contribution is 5.68. The zero-order valence-electron chi connectivity index (χ0n) is 22.4.